The molecule has 1 rings (SSSR count). The third-order valence-electron chi connectivity index (χ3n) is 3.48. The van der Waals surface area contributed by atoms with E-state index in [4.69, 9.17) is 5.11 Å². The van der Waals surface area contributed by atoms with E-state index >= 15 is 0 Å². The van der Waals surface area contributed by atoms with E-state index in [2.05, 4.69) is 12.2 Å². The van der Waals surface area contributed by atoms with Crippen molar-refractivity contribution in [2.75, 3.05) is 13.1 Å². The van der Waals surface area contributed by atoms with E-state index in [9.17, 15) is 9.59 Å². The molecule has 0 aromatic rings. The lowest BCUT2D eigenvalue weighted by Gasteiger charge is -2.23. The number of hydrogen-bond donors (Lipinski definition) is 2. The standard InChI is InChI=1S/C13H24N2O3/c1-4-5-10-6-7-15(8-10)13(18)14-11(9(2)3)12(16)17/h9-11H,4-8H2,1-3H3,(H,14,18)(H,16,17)/t10?,11-/m1/s1. The zero-order valence-electron chi connectivity index (χ0n) is 11.5. The Morgan fingerprint density at radius 2 is 2.11 bits per heavy atom. The molecule has 104 valence electrons. The van der Waals surface area contributed by atoms with E-state index in [0.29, 0.717) is 5.92 Å². The van der Waals surface area contributed by atoms with Gasteiger partial charge in [-0.15, -0.1) is 0 Å². The lowest BCUT2D eigenvalue weighted by Crippen LogP contribution is -2.49. The maximum atomic E-state index is 12.0. The molecule has 0 saturated carbocycles. The second-order valence-corrected chi connectivity index (χ2v) is 5.40. The molecule has 1 saturated heterocycles. The average Bonchev–Trinajstić information content (AvgIpc) is 2.73. The van der Waals surface area contributed by atoms with Crippen molar-refractivity contribution < 1.29 is 14.7 Å². The Balaban J connectivity index is 2.48. The second-order valence-electron chi connectivity index (χ2n) is 5.40. The van der Waals surface area contributed by atoms with Crippen LogP contribution in [-0.2, 0) is 4.79 Å². The van der Waals surface area contributed by atoms with Crippen LogP contribution in [0, 0.1) is 11.8 Å². The fraction of sp³-hybridized carbons (Fsp3) is 0.846. The third-order valence-corrected chi connectivity index (χ3v) is 3.48. The van der Waals surface area contributed by atoms with Crippen LogP contribution in [0.3, 0.4) is 0 Å². The quantitative estimate of drug-likeness (QED) is 0.789. The van der Waals surface area contributed by atoms with Crippen LogP contribution in [0.15, 0.2) is 0 Å². The van der Waals surface area contributed by atoms with Crippen molar-refractivity contribution in [3.8, 4) is 0 Å². The second kappa shape index (κ2) is 6.61. The number of carboxylic acid groups (broad SMARTS) is 1. The SMILES string of the molecule is CCCC1CCN(C(=O)N[C@@H](C(=O)O)C(C)C)C1. The number of amides is 2. The number of carbonyl (C=O) groups excluding carboxylic acids is 1. The Morgan fingerprint density at radius 1 is 1.44 bits per heavy atom. The zero-order valence-corrected chi connectivity index (χ0v) is 11.5. The van der Waals surface area contributed by atoms with Crippen LogP contribution in [0.1, 0.15) is 40.0 Å². The molecule has 2 N–H and O–H groups in total. The molecule has 5 heteroatoms. The van der Waals surface area contributed by atoms with Crippen LogP contribution in [0.4, 0.5) is 4.79 Å². The molecule has 1 fully saturated rings. The van der Waals surface area contributed by atoms with Crippen LogP contribution < -0.4 is 5.32 Å². The van der Waals surface area contributed by atoms with Gasteiger partial charge in [-0.25, -0.2) is 9.59 Å². The van der Waals surface area contributed by atoms with Crippen molar-refractivity contribution in [2.45, 2.75) is 46.1 Å². The van der Waals surface area contributed by atoms with Crippen LogP contribution in [-0.4, -0.2) is 41.1 Å². The highest BCUT2D eigenvalue weighted by Gasteiger charge is 2.29. The predicted molar refractivity (Wildman–Crippen MR) is 69.4 cm³/mol. The minimum atomic E-state index is -0.970. The summed E-state index contributed by atoms with van der Waals surface area (Å²) in [6, 6.07) is -1.04. The lowest BCUT2D eigenvalue weighted by molar-refractivity contribution is -0.140. The highest BCUT2D eigenvalue weighted by Crippen LogP contribution is 2.20. The summed E-state index contributed by atoms with van der Waals surface area (Å²) >= 11 is 0. The molecule has 0 aliphatic carbocycles. The third kappa shape index (κ3) is 3.89. The normalized spacial score (nSPS) is 21.1. The van der Waals surface area contributed by atoms with E-state index in [1.165, 1.54) is 0 Å². The smallest absolute Gasteiger partial charge is 0.326 e. The lowest BCUT2D eigenvalue weighted by atomic mass is 10.0. The van der Waals surface area contributed by atoms with Crippen molar-refractivity contribution >= 4 is 12.0 Å². The summed E-state index contributed by atoms with van der Waals surface area (Å²) < 4.78 is 0. The highest BCUT2D eigenvalue weighted by atomic mass is 16.4. The molecular weight excluding hydrogens is 232 g/mol. The van der Waals surface area contributed by atoms with Crippen LogP contribution in [0.2, 0.25) is 0 Å². The number of hydrogen-bond acceptors (Lipinski definition) is 2. The van der Waals surface area contributed by atoms with Gasteiger partial charge in [0, 0.05) is 13.1 Å². The monoisotopic (exact) mass is 256 g/mol. The van der Waals surface area contributed by atoms with Crippen LogP contribution >= 0.6 is 0 Å². The fourth-order valence-electron chi connectivity index (χ4n) is 2.40. The zero-order chi connectivity index (χ0) is 13.7. The van der Waals surface area contributed by atoms with Gasteiger partial charge in [-0.2, -0.15) is 0 Å². The summed E-state index contributed by atoms with van der Waals surface area (Å²) in [6.07, 6.45) is 3.29. The largest absolute Gasteiger partial charge is 0.480 e. The van der Waals surface area contributed by atoms with E-state index in [0.717, 1.165) is 32.4 Å². The van der Waals surface area contributed by atoms with Gasteiger partial charge in [0.15, 0.2) is 0 Å². The topological polar surface area (TPSA) is 69.6 Å². The van der Waals surface area contributed by atoms with Gasteiger partial charge < -0.3 is 15.3 Å². The van der Waals surface area contributed by atoms with E-state index in [1.54, 1.807) is 18.7 Å². The molecule has 1 heterocycles. The Bertz CT molecular complexity index is 305. The number of carboxylic acids is 1. The molecular formula is C13H24N2O3. The van der Waals surface area contributed by atoms with Gasteiger partial charge in [-0.05, 0) is 24.7 Å². The van der Waals surface area contributed by atoms with Gasteiger partial charge in [0.1, 0.15) is 6.04 Å². The van der Waals surface area contributed by atoms with Gasteiger partial charge in [0.2, 0.25) is 0 Å². The van der Waals surface area contributed by atoms with Crippen molar-refractivity contribution in [1.29, 1.82) is 0 Å². The van der Waals surface area contributed by atoms with Gasteiger partial charge in [-0.3, -0.25) is 0 Å². The molecule has 0 aromatic carbocycles. The number of likely N-dealkylation sites (tertiary alicyclic amines) is 1. The van der Waals surface area contributed by atoms with Crippen molar-refractivity contribution in [2.24, 2.45) is 11.8 Å². The first kappa shape index (κ1) is 14.8. The molecule has 1 aliphatic rings. The maximum absolute atomic E-state index is 12.0. The molecule has 1 unspecified atom stereocenters. The van der Waals surface area contributed by atoms with Crippen LogP contribution in [0.25, 0.3) is 0 Å². The molecule has 0 aromatic heterocycles. The summed E-state index contributed by atoms with van der Waals surface area (Å²) in [4.78, 5) is 24.7. The summed E-state index contributed by atoms with van der Waals surface area (Å²) in [7, 11) is 0. The van der Waals surface area contributed by atoms with Crippen molar-refractivity contribution in [3.63, 3.8) is 0 Å². The summed E-state index contributed by atoms with van der Waals surface area (Å²) in [5.41, 5.74) is 0. The van der Waals surface area contributed by atoms with Crippen molar-refractivity contribution in [1.82, 2.24) is 10.2 Å². The molecule has 0 bridgehead atoms. The molecule has 5 nitrogen and oxygen atoms in total. The number of rotatable bonds is 5. The number of nitrogens with one attached hydrogen (secondary N) is 1. The first-order valence-electron chi connectivity index (χ1n) is 6.74. The Hall–Kier alpha value is -1.26. The summed E-state index contributed by atoms with van der Waals surface area (Å²) in [6.45, 7) is 7.22. The van der Waals surface area contributed by atoms with E-state index < -0.39 is 12.0 Å². The van der Waals surface area contributed by atoms with E-state index in [-0.39, 0.29) is 11.9 Å². The molecule has 0 radical (unpaired) electrons. The van der Waals surface area contributed by atoms with Crippen molar-refractivity contribution in [3.05, 3.63) is 0 Å². The summed E-state index contributed by atoms with van der Waals surface area (Å²) in [5.74, 6) is -0.508. The number of carbonyl (C=O) groups is 2. The predicted octanol–water partition coefficient (Wildman–Crippen LogP) is 1.93. The fourth-order valence-corrected chi connectivity index (χ4v) is 2.40. The molecule has 1 aliphatic heterocycles. The molecule has 18 heavy (non-hydrogen) atoms. The number of nitrogens with zero attached hydrogens (tertiary/aromatic N) is 1. The maximum Gasteiger partial charge on any atom is 0.326 e. The summed E-state index contributed by atoms with van der Waals surface area (Å²) in [5, 5.41) is 11.6. The average molecular weight is 256 g/mol. The first-order chi connectivity index (χ1) is 8.45. The molecule has 0 spiro atoms. The molecule has 2 atom stereocenters. The number of urea groups is 1. The van der Waals surface area contributed by atoms with Gasteiger partial charge in [0.05, 0.1) is 0 Å². The Kier molecular flexibility index (Phi) is 5.44. The minimum absolute atomic E-state index is 0.111. The van der Waals surface area contributed by atoms with Gasteiger partial charge >= 0.3 is 12.0 Å². The van der Waals surface area contributed by atoms with Crippen LogP contribution in [0.5, 0.6) is 0 Å². The molecule has 2 amide bonds. The first-order valence-corrected chi connectivity index (χ1v) is 6.74. The van der Waals surface area contributed by atoms with Gasteiger partial charge in [-0.1, -0.05) is 27.2 Å². The minimum Gasteiger partial charge on any atom is -0.480 e. The Labute approximate surface area is 109 Å². The van der Waals surface area contributed by atoms with Gasteiger partial charge in [0.25, 0.3) is 0 Å². The van der Waals surface area contributed by atoms with E-state index in [1.807, 2.05) is 0 Å². The number of aliphatic carboxylic acids is 1. The highest BCUT2D eigenvalue weighted by molar-refractivity contribution is 5.82. The Morgan fingerprint density at radius 3 is 2.61 bits per heavy atom.